The summed E-state index contributed by atoms with van der Waals surface area (Å²) in [7, 11) is 1.63. The van der Waals surface area contributed by atoms with E-state index < -0.39 is 0 Å². The molecule has 1 saturated heterocycles. The molecule has 1 aliphatic rings. The molecule has 130 valence electrons. The molecule has 1 aromatic carbocycles. The fourth-order valence-electron chi connectivity index (χ4n) is 3.00. The summed E-state index contributed by atoms with van der Waals surface area (Å²) < 4.78 is 5.13. The second kappa shape index (κ2) is 8.52. The van der Waals surface area contributed by atoms with Gasteiger partial charge in [-0.25, -0.2) is 0 Å². The number of rotatable bonds is 6. The van der Waals surface area contributed by atoms with Gasteiger partial charge in [0, 0.05) is 12.2 Å². The highest BCUT2D eigenvalue weighted by Crippen LogP contribution is 2.30. The molecule has 0 aliphatic carbocycles. The van der Waals surface area contributed by atoms with Crippen LogP contribution in [0.25, 0.3) is 0 Å². The van der Waals surface area contributed by atoms with Gasteiger partial charge in [0.1, 0.15) is 5.75 Å². The van der Waals surface area contributed by atoms with E-state index in [4.69, 9.17) is 10.5 Å². The first-order valence-electron chi connectivity index (χ1n) is 7.90. The zero-order valence-corrected chi connectivity index (χ0v) is 15.0. The Labute approximate surface area is 145 Å². The molecule has 5 nitrogen and oxygen atoms in total. The van der Waals surface area contributed by atoms with E-state index >= 15 is 0 Å². The van der Waals surface area contributed by atoms with Crippen molar-refractivity contribution < 1.29 is 9.53 Å². The molecule has 1 aromatic rings. The molecule has 0 saturated carbocycles. The lowest BCUT2D eigenvalue weighted by atomic mass is 9.90. The summed E-state index contributed by atoms with van der Waals surface area (Å²) >= 11 is 0. The molecule has 0 spiro atoms. The molecule has 2 unspecified atom stereocenters. The average Bonchev–Trinajstić information content (AvgIpc) is 2.92. The van der Waals surface area contributed by atoms with Crippen LogP contribution in [0.1, 0.15) is 26.7 Å². The largest absolute Gasteiger partial charge is 0.497 e. The smallest absolute Gasteiger partial charge is 0.241 e. The number of methoxy groups -OCH3 is 1. The number of nitrogens with zero attached hydrogens (tertiary/aromatic N) is 1. The first kappa shape index (κ1) is 19.7. The lowest BCUT2D eigenvalue weighted by Gasteiger charge is -2.28. The molecule has 0 aromatic heterocycles. The SMILES string of the molecule is CCC(C(=O)Nc1ccc(OC)cc1)N1CCC(C)(CN)C1.Cl. The Bertz CT molecular complexity index is 509. The van der Waals surface area contributed by atoms with E-state index in [1.165, 1.54) is 0 Å². The topological polar surface area (TPSA) is 67.6 Å². The zero-order chi connectivity index (χ0) is 16.2. The average molecular weight is 342 g/mol. The summed E-state index contributed by atoms with van der Waals surface area (Å²) in [5.74, 6) is 0.831. The third-order valence-corrected chi connectivity index (χ3v) is 4.57. The monoisotopic (exact) mass is 341 g/mol. The van der Waals surface area contributed by atoms with Gasteiger partial charge in [-0.2, -0.15) is 0 Å². The summed E-state index contributed by atoms with van der Waals surface area (Å²) in [4.78, 5) is 14.8. The Morgan fingerprint density at radius 2 is 2.09 bits per heavy atom. The summed E-state index contributed by atoms with van der Waals surface area (Å²) in [6.45, 7) is 6.73. The number of benzene rings is 1. The maximum Gasteiger partial charge on any atom is 0.241 e. The summed E-state index contributed by atoms with van der Waals surface area (Å²) in [6, 6.07) is 7.31. The van der Waals surface area contributed by atoms with Gasteiger partial charge in [0.2, 0.25) is 5.91 Å². The number of carbonyl (C=O) groups excluding carboxylic acids is 1. The zero-order valence-electron chi connectivity index (χ0n) is 14.2. The molecule has 2 rings (SSSR count). The van der Waals surface area contributed by atoms with Gasteiger partial charge in [0.15, 0.2) is 0 Å². The Morgan fingerprint density at radius 1 is 1.43 bits per heavy atom. The maximum atomic E-state index is 12.6. The second-order valence-corrected chi connectivity index (χ2v) is 6.38. The Hall–Kier alpha value is -1.30. The minimum absolute atomic E-state index is 0. The molecule has 6 heteroatoms. The Morgan fingerprint density at radius 3 is 2.57 bits per heavy atom. The molecule has 3 N–H and O–H groups in total. The highest BCUT2D eigenvalue weighted by Gasteiger charge is 2.37. The highest BCUT2D eigenvalue weighted by molar-refractivity contribution is 5.94. The highest BCUT2D eigenvalue weighted by atomic mass is 35.5. The molecule has 1 aliphatic heterocycles. The van der Waals surface area contributed by atoms with Gasteiger partial charge in [0.25, 0.3) is 0 Å². The van der Waals surface area contributed by atoms with Crippen molar-refractivity contribution in [1.82, 2.24) is 4.90 Å². The molecule has 1 amide bonds. The fraction of sp³-hybridized carbons (Fsp3) is 0.588. The van der Waals surface area contributed by atoms with Crippen molar-refractivity contribution in [3.8, 4) is 5.75 Å². The van der Waals surface area contributed by atoms with Crippen molar-refractivity contribution in [1.29, 1.82) is 0 Å². The van der Waals surface area contributed by atoms with Crippen LogP contribution in [0, 0.1) is 5.41 Å². The van der Waals surface area contributed by atoms with Gasteiger partial charge in [-0.3, -0.25) is 9.69 Å². The summed E-state index contributed by atoms with van der Waals surface area (Å²) in [5, 5.41) is 3.00. The predicted molar refractivity (Wildman–Crippen MR) is 96.3 cm³/mol. The van der Waals surface area contributed by atoms with E-state index in [1.54, 1.807) is 7.11 Å². The van der Waals surface area contributed by atoms with E-state index in [2.05, 4.69) is 24.1 Å². The number of nitrogens with two attached hydrogens (primary N) is 1. The van der Waals surface area contributed by atoms with Crippen LogP contribution in [-0.4, -0.2) is 43.6 Å². The van der Waals surface area contributed by atoms with Crippen LogP contribution < -0.4 is 15.8 Å². The summed E-state index contributed by atoms with van der Waals surface area (Å²) in [5.41, 5.74) is 6.79. The number of ether oxygens (including phenoxy) is 1. The number of halogens is 1. The van der Waals surface area contributed by atoms with E-state index in [0.717, 1.165) is 37.4 Å². The molecular weight excluding hydrogens is 314 g/mol. The molecule has 0 radical (unpaired) electrons. The summed E-state index contributed by atoms with van der Waals surface area (Å²) in [6.07, 6.45) is 1.85. The number of likely N-dealkylation sites (tertiary alicyclic amines) is 1. The number of nitrogens with one attached hydrogen (secondary N) is 1. The quantitative estimate of drug-likeness (QED) is 0.834. The first-order chi connectivity index (χ1) is 10.5. The number of amides is 1. The van der Waals surface area contributed by atoms with Crippen LogP contribution in [0.4, 0.5) is 5.69 Å². The maximum absolute atomic E-state index is 12.6. The Balaban J connectivity index is 0.00000264. The van der Waals surface area contributed by atoms with Crippen LogP contribution in [-0.2, 0) is 4.79 Å². The van der Waals surface area contributed by atoms with Crippen molar-refractivity contribution in [2.75, 3.05) is 32.1 Å². The van der Waals surface area contributed by atoms with Crippen molar-refractivity contribution in [2.24, 2.45) is 11.1 Å². The lowest BCUT2D eigenvalue weighted by Crippen LogP contribution is -2.44. The fourth-order valence-corrected chi connectivity index (χ4v) is 3.00. The van der Waals surface area contributed by atoms with Crippen LogP contribution in [0.5, 0.6) is 5.75 Å². The van der Waals surface area contributed by atoms with E-state index in [0.29, 0.717) is 6.54 Å². The number of hydrogen-bond donors (Lipinski definition) is 2. The van der Waals surface area contributed by atoms with Gasteiger partial charge in [0.05, 0.1) is 13.2 Å². The third kappa shape index (κ3) is 4.83. The van der Waals surface area contributed by atoms with Crippen LogP contribution >= 0.6 is 12.4 Å². The first-order valence-corrected chi connectivity index (χ1v) is 7.90. The lowest BCUT2D eigenvalue weighted by molar-refractivity contribution is -0.121. The molecule has 23 heavy (non-hydrogen) atoms. The molecular formula is C17H28ClN3O2. The normalized spacial score (nSPS) is 22.3. The van der Waals surface area contributed by atoms with Gasteiger partial charge in [-0.15, -0.1) is 12.4 Å². The molecule has 2 atom stereocenters. The molecule has 1 heterocycles. The van der Waals surface area contributed by atoms with Crippen LogP contribution in [0.15, 0.2) is 24.3 Å². The number of anilines is 1. The number of carbonyl (C=O) groups is 1. The molecule has 0 bridgehead atoms. The van der Waals surface area contributed by atoms with E-state index in [-0.39, 0.29) is 29.8 Å². The van der Waals surface area contributed by atoms with Crippen LogP contribution in [0.2, 0.25) is 0 Å². The van der Waals surface area contributed by atoms with Gasteiger partial charge < -0.3 is 15.8 Å². The predicted octanol–water partition coefficient (Wildman–Crippen LogP) is 2.50. The van der Waals surface area contributed by atoms with Crippen LogP contribution in [0.3, 0.4) is 0 Å². The molecule has 1 fully saturated rings. The standard InChI is InChI=1S/C17H27N3O2.ClH/c1-4-15(20-10-9-17(2,11-18)12-20)16(21)19-13-5-7-14(22-3)8-6-13;/h5-8,15H,4,9-12,18H2,1-3H3,(H,19,21);1H. The van der Waals surface area contributed by atoms with Crippen molar-refractivity contribution in [3.63, 3.8) is 0 Å². The number of hydrogen-bond acceptors (Lipinski definition) is 4. The Kier molecular flexibility index (Phi) is 7.32. The van der Waals surface area contributed by atoms with Gasteiger partial charge in [-0.1, -0.05) is 13.8 Å². The van der Waals surface area contributed by atoms with E-state index in [1.807, 2.05) is 24.3 Å². The van der Waals surface area contributed by atoms with E-state index in [9.17, 15) is 4.79 Å². The third-order valence-electron chi connectivity index (χ3n) is 4.57. The van der Waals surface area contributed by atoms with Gasteiger partial charge >= 0.3 is 0 Å². The minimum atomic E-state index is -0.101. The van der Waals surface area contributed by atoms with Crippen molar-refractivity contribution in [3.05, 3.63) is 24.3 Å². The minimum Gasteiger partial charge on any atom is -0.497 e. The van der Waals surface area contributed by atoms with Gasteiger partial charge in [-0.05, 0) is 55.6 Å². The van der Waals surface area contributed by atoms with Crippen molar-refractivity contribution in [2.45, 2.75) is 32.7 Å². The second-order valence-electron chi connectivity index (χ2n) is 6.38. The van der Waals surface area contributed by atoms with Crippen molar-refractivity contribution >= 4 is 24.0 Å².